The lowest BCUT2D eigenvalue weighted by atomic mass is 10.2. The Balaban J connectivity index is 0. The Morgan fingerprint density at radius 2 is 2.00 bits per heavy atom. The maximum Gasteiger partial charge on any atom is 0.338 e. The molecule has 1 aromatic rings. The number of methoxy groups -OCH3 is 1. The summed E-state index contributed by atoms with van der Waals surface area (Å²) in [5.41, 5.74) is 1.25. The summed E-state index contributed by atoms with van der Waals surface area (Å²) < 4.78 is 31.8. The highest BCUT2D eigenvalue weighted by atomic mass is 32.3. The molecule has 0 aliphatic rings. The molecule has 0 fully saturated rings. The van der Waals surface area contributed by atoms with Crippen LogP contribution in [0.5, 0.6) is 5.75 Å². The van der Waals surface area contributed by atoms with E-state index in [1.807, 2.05) is 13.8 Å². The fourth-order valence-electron chi connectivity index (χ4n) is 1.68. The molecule has 0 unspecified atom stereocenters. The minimum absolute atomic E-state index is 0. The van der Waals surface area contributed by atoms with E-state index in [0.29, 0.717) is 11.3 Å². The SMILES string of the molecule is C=C/C=C(\C=C)COC(=O)c1ccc(OC)c(NS(C)(O)O)c1.CC.[HH]. The van der Waals surface area contributed by atoms with E-state index in [2.05, 4.69) is 17.9 Å². The van der Waals surface area contributed by atoms with Crippen molar-refractivity contribution in [3.63, 3.8) is 0 Å². The van der Waals surface area contributed by atoms with Crippen LogP contribution in [0.25, 0.3) is 0 Å². The Morgan fingerprint density at radius 3 is 2.48 bits per heavy atom. The van der Waals surface area contributed by atoms with Crippen LogP contribution in [0.2, 0.25) is 0 Å². The van der Waals surface area contributed by atoms with Crippen molar-refractivity contribution in [3.05, 3.63) is 60.7 Å². The van der Waals surface area contributed by atoms with E-state index in [1.165, 1.54) is 31.6 Å². The fourth-order valence-corrected chi connectivity index (χ4v) is 2.26. The second-order valence-corrected chi connectivity index (χ2v) is 6.48. The van der Waals surface area contributed by atoms with Crippen LogP contribution < -0.4 is 9.46 Å². The van der Waals surface area contributed by atoms with E-state index in [1.54, 1.807) is 18.2 Å². The van der Waals surface area contributed by atoms with Gasteiger partial charge >= 0.3 is 5.97 Å². The molecule has 0 bridgehead atoms. The number of ether oxygens (including phenoxy) is 2. The molecular weight excluding hydrogens is 342 g/mol. The highest BCUT2D eigenvalue weighted by Gasteiger charge is 2.14. The lowest BCUT2D eigenvalue weighted by Crippen LogP contribution is -2.11. The minimum Gasteiger partial charge on any atom is -0.495 e. The molecule has 0 saturated heterocycles. The number of anilines is 1. The second kappa shape index (κ2) is 11.4. The molecule has 0 spiro atoms. The Bertz CT molecular complexity index is 626. The smallest absolute Gasteiger partial charge is 0.338 e. The Labute approximate surface area is 152 Å². The largest absolute Gasteiger partial charge is 0.495 e. The Kier molecular flexibility index (Phi) is 10.3. The highest BCUT2D eigenvalue weighted by Crippen LogP contribution is 2.38. The molecule has 0 atom stereocenters. The van der Waals surface area contributed by atoms with Gasteiger partial charge in [0, 0.05) is 7.68 Å². The number of esters is 1. The normalized spacial score (nSPS) is 11.5. The molecule has 0 radical (unpaired) electrons. The predicted octanol–water partition coefficient (Wildman–Crippen LogP) is 5.13. The van der Waals surface area contributed by atoms with Gasteiger partial charge in [0.25, 0.3) is 0 Å². The third-order valence-electron chi connectivity index (χ3n) is 2.70. The monoisotopic (exact) mass is 371 g/mol. The fraction of sp³-hybridized carbons (Fsp3) is 0.278. The molecule has 25 heavy (non-hydrogen) atoms. The first kappa shape index (κ1) is 22.8. The predicted molar refractivity (Wildman–Crippen MR) is 108 cm³/mol. The standard InChI is InChI=1S/C16H21NO5S.C2H6.H2/c1-5-7-12(6-2)11-22-16(18)13-8-9-15(21-3)14(10-13)17-23(4,19)20;1-2;/h5-10,17,19-20H,1-2,11H2,3-4H3;1-2H3;1H/b12-7+;;. The zero-order valence-electron chi connectivity index (χ0n) is 15.1. The summed E-state index contributed by atoms with van der Waals surface area (Å²) in [6.45, 7) is 11.2. The summed E-state index contributed by atoms with van der Waals surface area (Å²) in [5, 5.41) is 0. The van der Waals surface area contributed by atoms with Crippen molar-refractivity contribution in [2.24, 2.45) is 0 Å². The van der Waals surface area contributed by atoms with Crippen molar-refractivity contribution in [2.75, 3.05) is 24.7 Å². The van der Waals surface area contributed by atoms with Crippen molar-refractivity contribution >= 4 is 22.4 Å². The summed E-state index contributed by atoms with van der Waals surface area (Å²) in [6, 6.07) is 4.50. The number of carbonyl (C=O) groups is 1. The highest BCUT2D eigenvalue weighted by molar-refractivity contribution is 8.24. The van der Waals surface area contributed by atoms with Crippen LogP contribution in [0.3, 0.4) is 0 Å². The van der Waals surface area contributed by atoms with Gasteiger partial charge in [-0.15, -0.1) is 10.8 Å². The first-order valence-electron chi connectivity index (χ1n) is 7.61. The lowest BCUT2D eigenvalue weighted by Gasteiger charge is -2.29. The Hall–Kier alpha value is -2.22. The zero-order chi connectivity index (χ0) is 19.5. The van der Waals surface area contributed by atoms with Crippen LogP contribution >= 0.6 is 10.8 Å². The first-order chi connectivity index (χ1) is 11.8. The van der Waals surface area contributed by atoms with Gasteiger partial charge in [0.2, 0.25) is 0 Å². The molecule has 0 amide bonds. The van der Waals surface area contributed by atoms with Crippen molar-refractivity contribution in [1.82, 2.24) is 0 Å². The van der Waals surface area contributed by atoms with Crippen molar-refractivity contribution in [3.8, 4) is 5.75 Å². The summed E-state index contributed by atoms with van der Waals surface area (Å²) in [6.07, 6.45) is 6.07. The first-order valence-corrected chi connectivity index (χ1v) is 9.56. The third kappa shape index (κ3) is 8.44. The van der Waals surface area contributed by atoms with E-state index < -0.39 is 16.7 Å². The van der Waals surface area contributed by atoms with Gasteiger partial charge in [-0.1, -0.05) is 45.2 Å². The third-order valence-corrected chi connectivity index (χ3v) is 3.31. The molecule has 1 aromatic carbocycles. The van der Waals surface area contributed by atoms with E-state index in [9.17, 15) is 13.9 Å². The molecule has 7 heteroatoms. The molecule has 0 aliphatic heterocycles. The average molecular weight is 371 g/mol. The van der Waals surface area contributed by atoms with Crippen LogP contribution in [0.4, 0.5) is 5.69 Å². The summed E-state index contributed by atoms with van der Waals surface area (Å²) >= 11 is 0. The van der Waals surface area contributed by atoms with Gasteiger partial charge in [-0.2, -0.15) is 0 Å². The van der Waals surface area contributed by atoms with Gasteiger partial charge in [-0.3, -0.25) is 13.8 Å². The number of rotatable bonds is 8. The lowest BCUT2D eigenvalue weighted by molar-refractivity contribution is 0.0543. The van der Waals surface area contributed by atoms with E-state index in [-0.39, 0.29) is 19.3 Å². The van der Waals surface area contributed by atoms with Gasteiger partial charge in [-0.25, -0.2) is 4.79 Å². The van der Waals surface area contributed by atoms with Gasteiger partial charge in [-0.05, 0) is 23.8 Å². The second-order valence-electron chi connectivity index (χ2n) is 4.61. The minimum atomic E-state index is -3.00. The van der Waals surface area contributed by atoms with Crippen LogP contribution in [-0.4, -0.2) is 35.0 Å². The van der Waals surface area contributed by atoms with E-state index in [4.69, 9.17) is 9.47 Å². The van der Waals surface area contributed by atoms with Crippen LogP contribution in [0.15, 0.2) is 55.2 Å². The quantitative estimate of drug-likeness (QED) is 0.434. The molecule has 0 aromatic heterocycles. The van der Waals surface area contributed by atoms with Crippen LogP contribution in [0, 0.1) is 0 Å². The van der Waals surface area contributed by atoms with Crippen LogP contribution in [0.1, 0.15) is 25.6 Å². The average Bonchev–Trinajstić information content (AvgIpc) is 2.58. The van der Waals surface area contributed by atoms with E-state index >= 15 is 0 Å². The maximum absolute atomic E-state index is 12.1. The molecular formula is C18H29NO5S. The van der Waals surface area contributed by atoms with Crippen molar-refractivity contribution < 1.29 is 24.8 Å². The molecule has 142 valence electrons. The summed E-state index contributed by atoms with van der Waals surface area (Å²) in [4.78, 5) is 12.1. The molecule has 1 rings (SSSR count). The summed E-state index contributed by atoms with van der Waals surface area (Å²) in [7, 11) is -1.56. The van der Waals surface area contributed by atoms with Gasteiger partial charge in [0.1, 0.15) is 12.4 Å². The van der Waals surface area contributed by atoms with Crippen molar-refractivity contribution in [2.45, 2.75) is 13.8 Å². The van der Waals surface area contributed by atoms with Gasteiger partial charge < -0.3 is 9.47 Å². The van der Waals surface area contributed by atoms with Gasteiger partial charge in [0.05, 0.1) is 18.4 Å². The number of carbonyl (C=O) groups excluding carboxylic acids is 1. The topological polar surface area (TPSA) is 88.0 Å². The van der Waals surface area contributed by atoms with E-state index in [0.717, 1.165) is 0 Å². The molecule has 3 N–H and O–H groups in total. The molecule has 0 aliphatic carbocycles. The molecule has 0 saturated carbocycles. The number of nitrogens with one attached hydrogen (secondary N) is 1. The number of benzene rings is 1. The number of hydrogen-bond acceptors (Lipinski definition) is 6. The number of allylic oxidation sites excluding steroid dienone is 2. The van der Waals surface area contributed by atoms with Gasteiger partial charge in [0.15, 0.2) is 0 Å². The summed E-state index contributed by atoms with van der Waals surface area (Å²) in [5.74, 6) is -0.179. The zero-order valence-corrected chi connectivity index (χ0v) is 15.9. The molecule has 0 heterocycles. The maximum atomic E-state index is 12.1. The number of hydrogen-bond donors (Lipinski definition) is 3. The molecule has 6 nitrogen and oxygen atoms in total. The van der Waals surface area contributed by atoms with Crippen molar-refractivity contribution in [1.29, 1.82) is 0 Å². The van der Waals surface area contributed by atoms with Crippen LogP contribution in [-0.2, 0) is 4.74 Å². The Morgan fingerprint density at radius 1 is 1.36 bits per heavy atom.